The van der Waals surface area contributed by atoms with Gasteiger partial charge >= 0.3 is 0 Å². The topological polar surface area (TPSA) is 81.5 Å². The van der Waals surface area contributed by atoms with Gasteiger partial charge in [0.25, 0.3) is 0 Å². The molecule has 4 heteroatoms. The number of hydrogen-bond acceptors (Lipinski definition) is 4. The standard InChI is InChI=1S/C14H15N3O/c1-8-7-12(18)13(16)9(2)14(8)17-11-5-3-10(15)4-6-11/h3-7H,15-16H2,1-2H3. The first-order valence-electron chi connectivity index (χ1n) is 5.63. The smallest absolute Gasteiger partial charge is 0.202 e. The first-order valence-corrected chi connectivity index (χ1v) is 5.63. The second-order valence-corrected chi connectivity index (χ2v) is 4.28. The van der Waals surface area contributed by atoms with Crippen molar-refractivity contribution in [2.45, 2.75) is 13.8 Å². The second kappa shape index (κ2) is 4.49. The van der Waals surface area contributed by atoms with Crippen molar-refractivity contribution in [1.29, 1.82) is 0 Å². The molecule has 0 radical (unpaired) electrons. The Morgan fingerprint density at radius 1 is 1.06 bits per heavy atom. The lowest BCUT2D eigenvalue weighted by atomic mass is 9.94. The zero-order chi connectivity index (χ0) is 13.3. The van der Waals surface area contributed by atoms with Crippen LogP contribution in [0.15, 0.2) is 52.2 Å². The summed E-state index contributed by atoms with van der Waals surface area (Å²) < 4.78 is 0. The Morgan fingerprint density at radius 2 is 1.67 bits per heavy atom. The fourth-order valence-electron chi connectivity index (χ4n) is 1.80. The van der Waals surface area contributed by atoms with E-state index in [1.54, 1.807) is 19.1 Å². The van der Waals surface area contributed by atoms with Crippen molar-refractivity contribution < 1.29 is 4.79 Å². The first kappa shape index (κ1) is 12.1. The van der Waals surface area contributed by atoms with Crippen LogP contribution >= 0.6 is 0 Å². The highest BCUT2D eigenvalue weighted by atomic mass is 16.1. The van der Waals surface area contributed by atoms with E-state index in [2.05, 4.69) is 4.99 Å². The largest absolute Gasteiger partial charge is 0.399 e. The summed E-state index contributed by atoms with van der Waals surface area (Å²) >= 11 is 0. The van der Waals surface area contributed by atoms with Crippen molar-refractivity contribution in [2.75, 3.05) is 5.73 Å². The molecule has 92 valence electrons. The van der Waals surface area contributed by atoms with Crippen LogP contribution in [0.4, 0.5) is 11.4 Å². The lowest BCUT2D eigenvalue weighted by Gasteiger charge is -2.15. The van der Waals surface area contributed by atoms with Crippen LogP contribution in [0.3, 0.4) is 0 Å². The van der Waals surface area contributed by atoms with Gasteiger partial charge in [-0.05, 0) is 49.8 Å². The van der Waals surface area contributed by atoms with Crippen molar-refractivity contribution in [1.82, 2.24) is 0 Å². The molecule has 0 atom stereocenters. The molecule has 1 aromatic carbocycles. The third-order valence-electron chi connectivity index (χ3n) is 2.88. The van der Waals surface area contributed by atoms with Gasteiger partial charge in [0.1, 0.15) is 0 Å². The Bertz CT molecular complexity index is 592. The van der Waals surface area contributed by atoms with E-state index >= 15 is 0 Å². The Morgan fingerprint density at radius 3 is 2.28 bits per heavy atom. The summed E-state index contributed by atoms with van der Waals surface area (Å²) in [6, 6.07) is 7.23. The molecule has 0 bridgehead atoms. The molecule has 1 aliphatic rings. The van der Waals surface area contributed by atoms with Crippen LogP contribution in [0.1, 0.15) is 13.8 Å². The summed E-state index contributed by atoms with van der Waals surface area (Å²) in [5.41, 5.74) is 15.4. The Kier molecular flexibility index (Phi) is 3.02. The number of allylic oxidation sites excluding steroid dienone is 3. The van der Waals surface area contributed by atoms with Gasteiger partial charge in [-0.15, -0.1) is 0 Å². The maximum absolute atomic E-state index is 11.5. The minimum Gasteiger partial charge on any atom is -0.399 e. The highest BCUT2D eigenvalue weighted by molar-refractivity contribution is 6.24. The van der Waals surface area contributed by atoms with Crippen molar-refractivity contribution in [3.05, 3.63) is 47.2 Å². The van der Waals surface area contributed by atoms with Crippen molar-refractivity contribution in [2.24, 2.45) is 10.7 Å². The molecule has 0 aromatic heterocycles. The van der Waals surface area contributed by atoms with Gasteiger partial charge in [0, 0.05) is 11.3 Å². The third-order valence-corrected chi connectivity index (χ3v) is 2.88. The molecular weight excluding hydrogens is 226 g/mol. The van der Waals surface area contributed by atoms with E-state index < -0.39 is 0 Å². The minimum absolute atomic E-state index is 0.152. The zero-order valence-electron chi connectivity index (χ0n) is 10.4. The molecule has 0 heterocycles. The predicted octanol–water partition coefficient (Wildman–Crippen LogP) is 2.10. The number of nitrogens with two attached hydrogens (primary N) is 2. The van der Waals surface area contributed by atoms with E-state index in [9.17, 15) is 4.79 Å². The second-order valence-electron chi connectivity index (χ2n) is 4.28. The van der Waals surface area contributed by atoms with Gasteiger partial charge in [0.2, 0.25) is 5.78 Å². The molecule has 1 aliphatic carbocycles. The van der Waals surface area contributed by atoms with E-state index in [1.807, 2.05) is 19.1 Å². The van der Waals surface area contributed by atoms with Crippen LogP contribution in [-0.4, -0.2) is 11.5 Å². The summed E-state index contributed by atoms with van der Waals surface area (Å²) in [4.78, 5) is 16.0. The van der Waals surface area contributed by atoms with Crippen molar-refractivity contribution >= 4 is 22.9 Å². The number of aliphatic imine (C=N–C) groups is 1. The monoisotopic (exact) mass is 241 g/mol. The summed E-state index contributed by atoms with van der Waals surface area (Å²) in [5.74, 6) is -0.152. The van der Waals surface area contributed by atoms with Crippen molar-refractivity contribution in [3.8, 4) is 0 Å². The SMILES string of the molecule is CC1=CC(=O)C(N)=C(C)C1=Nc1ccc(N)cc1. The highest BCUT2D eigenvalue weighted by Crippen LogP contribution is 2.22. The van der Waals surface area contributed by atoms with Gasteiger partial charge in [0.05, 0.1) is 17.1 Å². The Balaban J connectivity index is 2.47. The molecule has 0 saturated heterocycles. The Labute approximate surface area is 106 Å². The van der Waals surface area contributed by atoms with Gasteiger partial charge in [0.15, 0.2) is 0 Å². The maximum Gasteiger partial charge on any atom is 0.202 e. The number of carbonyl (C=O) groups excluding carboxylic acids is 1. The third kappa shape index (κ3) is 2.18. The van der Waals surface area contributed by atoms with Gasteiger partial charge in [-0.3, -0.25) is 4.79 Å². The molecule has 4 N–H and O–H groups in total. The summed E-state index contributed by atoms with van der Waals surface area (Å²) in [6.07, 6.45) is 1.51. The van der Waals surface area contributed by atoms with Crippen LogP contribution in [0.2, 0.25) is 0 Å². The molecular formula is C14H15N3O. The summed E-state index contributed by atoms with van der Waals surface area (Å²) in [7, 11) is 0. The van der Waals surface area contributed by atoms with Crippen LogP contribution in [0, 0.1) is 0 Å². The molecule has 0 spiro atoms. The molecule has 0 unspecified atom stereocenters. The van der Waals surface area contributed by atoms with E-state index in [-0.39, 0.29) is 11.5 Å². The first-order chi connectivity index (χ1) is 8.49. The van der Waals surface area contributed by atoms with Crippen LogP contribution in [0.25, 0.3) is 0 Å². The van der Waals surface area contributed by atoms with E-state index in [1.165, 1.54) is 6.08 Å². The van der Waals surface area contributed by atoms with Crippen LogP contribution in [-0.2, 0) is 4.79 Å². The molecule has 0 saturated carbocycles. The molecule has 4 nitrogen and oxygen atoms in total. The normalized spacial score (nSPS) is 18.2. The number of hydrogen-bond donors (Lipinski definition) is 2. The quantitative estimate of drug-likeness (QED) is 0.583. The number of benzene rings is 1. The van der Waals surface area contributed by atoms with Gasteiger partial charge in [-0.25, -0.2) is 4.99 Å². The molecule has 1 aromatic rings. The van der Waals surface area contributed by atoms with Crippen molar-refractivity contribution in [3.63, 3.8) is 0 Å². The van der Waals surface area contributed by atoms with E-state index in [4.69, 9.17) is 11.5 Å². The summed E-state index contributed by atoms with van der Waals surface area (Å²) in [5, 5.41) is 0. The number of nitrogen functional groups attached to an aromatic ring is 1. The van der Waals surface area contributed by atoms with Gasteiger partial charge in [-0.2, -0.15) is 0 Å². The highest BCUT2D eigenvalue weighted by Gasteiger charge is 2.19. The molecule has 0 aliphatic heterocycles. The number of anilines is 1. The number of carbonyl (C=O) groups is 1. The molecule has 2 rings (SSSR count). The Hall–Kier alpha value is -2.36. The fraction of sp³-hybridized carbons (Fsp3) is 0.143. The average Bonchev–Trinajstić information content (AvgIpc) is 2.34. The zero-order valence-corrected chi connectivity index (χ0v) is 10.4. The maximum atomic E-state index is 11.5. The van der Waals surface area contributed by atoms with E-state index in [0.717, 1.165) is 22.5 Å². The number of ketones is 1. The predicted molar refractivity (Wildman–Crippen MR) is 73.6 cm³/mol. The lowest BCUT2D eigenvalue weighted by molar-refractivity contribution is -0.111. The van der Waals surface area contributed by atoms with Gasteiger partial charge < -0.3 is 11.5 Å². The van der Waals surface area contributed by atoms with E-state index in [0.29, 0.717) is 5.69 Å². The van der Waals surface area contributed by atoms with Gasteiger partial charge in [-0.1, -0.05) is 0 Å². The van der Waals surface area contributed by atoms with Crippen LogP contribution < -0.4 is 11.5 Å². The molecule has 18 heavy (non-hydrogen) atoms. The fourth-order valence-corrected chi connectivity index (χ4v) is 1.80. The van der Waals surface area contributed by atoms with Crippen LogP contribution in [0.5, 0.6) is 0 Å². The number of rotatable bonds is 1. The minimum atomic E-state index is -0.152. The molecule has 0 fully saturated rings. The summed E-state index contributed by atoms with van der Waals surface area (Å²) in [6.45, 7) is 3.66. The molecule has 0 amide bonds. The average molecular weight is 241 g/mol. The lowest BCUT2D eigenvalue weighted by Crippen LogP contribution is -2.21. The number of nitrogens with zero attached hydrogens (tertiary/aromatic N) is 1.